The van der Waals surface area contributed by atoms with Crippen LogP contribution in [-0.4, -0.2) is 9.36 Å². The van der Waals surface area contributed by atoms with Gasteiger partial charge in [-0.25, -0.2) is 0 Å². The molecule has 1 aromatic rings. The summed E-state index contributed by atoms with van der Waals surface area (Å²) in [4.78, 5) is 0. The Bertz CT molecular complexity index is 279. The number of nitrogens with one attached hydrogen (secondary N) is 1. The maximum atomic E-state index is 7.50. The fourth-order valence-corrected chi connectivity index (χ4v) is 1.34. The van der Waals surface area contributed by atoms with Crippen LogP contribution in [0.25, 0.3) is 0 Å². The topological polar surface area (TPSA) is 33.7 Å². The Morgan fingerprint density at radius 3 is 1.90 bits per heavy atom. The summed E-state index contributed by atoms with van der Waals surface area (Å²) in [6.45, 7) is 1.97. The predicted molar refractivity (Wildman–Crippen MR) is 42.7 cm³/mol. The fraction of sp³-hybridized carbons (Fsp3) is 0.500. The molecule has 0 aliphatic heterocycles. The van der Waals surface area contributed by atoms with Crippen molar-refractivity contribution < 1.29 is 0 Å². The Morgan fingerprint density at radius 1 is 1.30 bits per heavy atom. The van der Waals surface area contributed by atoms with E-state index in [9.17, 15) is 0 Å². The Labute approximate surface area is 67.9 Å². The van der Waals surface area contributed by atoms with E-state index in [4.69, 9.17) is 5.41 Å². The van der Waals surface area contributed by atoms with Gasteiger partial charge in [0.15, 0.2) is 5.49 Å². The third kappa shape index (κ3) is 0.831. The monoisotopic (exact) mass is 203 g/mol. The number of rotatable bonds is 0. The molecule has 0 bridgehead atoms. The molecule has 3 nitrogen and oxygen atoms in total. The second-order valence-electron chi connectivity index (χ2n) is 2.30. The van der Waals surface area contributed by atoms with Crippen molar-refractivity contribution in [1.82, 2.24) is 9.36 Å². The second-order valence-corrected chi connectivity index (χ2v) is 3.09. The first kappa shape index (κ1) is 7.60. The van der Waals surface area contributed by atoms with E-state index in [1.165, 1.54) is 0 Å². The Balaban J connectivity index is 3.60. The maximum Gasteiger partial charge on any atom is 0.155 e. The molecule has 1 N–H and O–H groups in total. The van der Waals surface area contributed by atoms with Gasteiger partial charge in [-0.2, -0.15) is 0 Å². The molecule has 0 spiro atoms. The Hall–Kier alpha value is -0.510. The molecule has 0 atom stereocenters. The van der Waals surface area contributed by atoms with Crippen LogP contribution in [0.15, 0.2) is 4.47 Å². The minimum absolute atomic E-state index is 0.514. The van der Waals surface area contributed by atoms with Gasteiger partial charge in [0.1, 0.15) is 0 Å². The minimum Gasteiger partial charge on any atom is -0.290 e. The summed E-state index contributed by atoms with van der Waals surface area (Å²) in [5.74, 6) is 0. The molecule has 0 amide bonds. The lowest BCUT2D eigenvalue weighted by Gasteiger charge is -2.00. The Kier molecular flexibility index (Phi) is 1.72. The molecule has 0 radical (unpaired) electrons. The molecule has 56 valence electrons. The van der Waals surface area contributed by atoms with Gasteiger partial charge in [-0.15, -0.1) is 0 Å². The summed E-state index contributed by atoms with van der Waals surface area (Å²) in [5, 5.41) is 7.50. The third-order valence-corrected chi connectivity index (χ3v) is 2.73. The molecular weight excluding hydrogens is 194 g/mol. The highest BCUT2D eigenvalue weighted by Crippen LogP contribution is 2.08. The predicted octanol–water partition coefficient (Wildman–Crippen LogP) is 0.914. The molecule has 1 heterocycles. The van der Waals surface area contributed by atoms with Gasteiger partial charge in [0, 0.05) is 19.8 Å². The van der Waals surface area contributed by atoms with Gasteiger partial charge in [-0.05, 0) is 22.9 Å². The number of hydrogen-bond donors (Lipinski definition) is 1. The van der Waals surface area contributed by atoms with E-state index in [-0.39, 0.29) is 0 Å². The van der Waals surface area contributed by atoms with E-state index in [1.807, 2.05) is 25.7 Å². The maximum absolute atomic E-state index is 7.50. The lowest BCUT2D eigenvalue weighted by Crippen LogP contribution is -2.17. The second kappa shape index (κ2) is 2.27. The van der Waals surface area contributed by atoms with Crippen LogP contribution in [0, 0.1) is 12.3 Å². The molecule has 10 heavy (non-hydrogen) atoms. The van der Waals surface area contributed by atoms with Gasteiger partial charge in [0.05, 0.1) is 4.47 Å². The van der Waals surface area contributed by atoms with Crippen LogP contribution in [0.1, 0.15) is 5.69 Å². The van der Waals surface area contributed by atoms with Gasteiger partial charge in [0.25, 0.3) is 0 Å². The van der Waals surface area contributed by atoms with Crippen molar-refractivity contribution in [3.05, 3.63) is 15.7 Å². The van der Waals surface area contributed by atoms with Crippen molar-refractivity contribution in [3.63, 3.8) is 0 Å². The van der Waals surface area contributed by atoms with E-state index in [0.29, 0.717) is 5.49 Å². The van der Waals surface area contributed by atoms with Crippen molar-refractivity contribution in [2.45, 2.75) is 6.92 Å². The van der Waals surface area contributed by atoms with Crippen LogP contribution in [-0.2, 0) is 14.1 Å². The standard InChI is InChI=1S/C6H10BrN3/c1-4-5(7)6(8)10(3)9(4)2/h8H,1-3H3. The van der Waals surface area contributed by atoms with Crippen LogP contribution >= 0.6 is 15.9 Å². The molecule has 1 rings (SSSR count). The van der Waals surface area contributed by atoms with E-state index < -0.39 is 0 Å². The summed E-state index contributed by atoms with van der Waals surface area (Å²) < 4.78 is 4.57. The van der Waals surface area contributed by atoms with Crippen molar-refractivity contribution in [1.29, 1.82) is 5.41 Å². The van der Waals surface area contributed by atoms with Gasteiger partial charge >= 0.3 is 0 Å². The van der Waals surface area contributed by atoms with Gasteiger partial charge < -0.3 is 0 Å². The number of aromatic nitrogens is 2. The van der Waals surface area contributed by atoms with Crippen molar-refractivity contribution >= 4 is 15.9 Å². The summed E-state index contributed by atoms with van der Waals surface area (Å²) in [6, 6.07) is 0. The summed E-state index contributed by atoms with van der Waals surface area (Å²) in [5.41, 5.74) is 1.59. The zero-order valence-corrected chi connectivity index (χ0v) is 7.86. The zero-order chi connectivity index (χ0) is 7.89. The van der Waals surface area contributed by atoms with Crippen LogP contribution in [0.3, 0.4) is 0 Å². The number of hydrogen-bond acceptors (Lipinski definition) is 1. The smallest absolute Gasteiger partial charge is 0.155 e. The fourth-order valence-electron chi connectivity index (χ4n) is 0.830. The van der Waals surface area contributed by atoms with E-state index in [1.54, 1.807) is 4.68 Å². The lowest BCUT2D eigenvalue weighted by atomic mass is 10.5. The largest absolute Gasteiger partial charge is 0.290 e. The van der Waals surface area contributed by atoms with Crippen LogP contribution in [0.2, 0.25) is 0 Å². The molecule has 0 unspecified atom stereocenters. The molecule has 0 aromatic carbocycles. The molecule has 0 aliphatic rings. The van der Waals surface area contributed by atoms with Crippen LogP contribution < -0.4 is 5.49 Å². The molecule has 0 aliphatic carbocycles. The van der Waals surface area contributed by atoms with E-state index in [2.05, 4.69) is 15.9 Å². The first-order valence-corrected chi connectivity index (χ1v) is 3.77. The molecular formula is C6H10BrN3. The molecule has 1 aromatic heterocycles. The van der Waals surface area contributed by atoms with Gasteiger partial charge in [0.2, 0.25) is 0 Å². The van der Waals surface area contributed by atoms with Crippen molar-refractivity contribution in [3.8, 4) is 0 Å². The van der Waals surface area contributed by atoms with Crippen molar-refractivity contribution in [2.24, 2.45) is 14.1 Å². The number of halogens is 1. The minimum atomic E-state index is 0.514. The highest BCUT2D eigenvalue weighted by Gasteiger charge is 2.04. The lowest BCUT2D eigenvalue weighted by molar-refractivity contribution is 0.556. The van der Waals surface area contributed by atoms with Crippen LogP contribution in [0.5, 0.6) is 0 Å². The average molecular weight is 204 g/mol. The van der Waals surface area contributed by atoms with Gasteiger partial charge in [-0.3, -0.25) is 14.8 Å². The molecule has 0 fully saturated rings. The molecule has 4 heteroatoms. The highest BCUT2D eigenvalue weighted by molar-refractivity contribution is 9.10. The normalized spacial score (nSPS) is 10.4. The number of nitrogens with zero attached hydrogens (tertiary/aromatic N) is 2. The van der Waals surface area contributed by atoms with Gasteiger partial charge in [-0.1, -0.05) is 0 Å². The zero-order valence-electron chi connectivity index (χ0n) is 6.27. The average Bonchev–Trinajstić information content (AvgIpc) is 2.07. The Morgan fingerprint density at radius 2 is 1.80 bits per heavy atom. The van der Waals surface area contributed by atoms with Crippen LogP contribution in [0.4, 0.5) is 0 Å². The van der Waals surface area contributed by atoms with Crippen molar-refractivity contribution in [2.75, 3.05) is 0 Å². The summed E-state index contributed by atoms with van der Waals surface area (Å²) >= 11 is 3.32. The first-order chi connectivity index (χ1) is 4.55. The summed E-state index contributed by atoms with van der Waals surface area (Å²) in [7, 11) is 3.79. The quantitative estimate of drug-likeness (QED) is 0.651. The molecule has 0 saturated carbocycles. The van der Waals surface area contributed by atoms with E-state index in [0.717, 1.165) is 10.2 Å². The summed E-state index contributed by atoms with van der Waals surface area (Å²) in [6.07, 6.45) is 0. The highest BCUT2D eigenvalue weighted by atomic mass is 79.9. The first-order valence-electron chi connectivity index (χ1n) is 2.98. The molecule has 0 saturated heterocycles. The van der Waals surface area contributed by atoms with E-state index >= 15 is 0 Å². The SMILES string of the molecule is Cc1c(Br)c(=N)n(C)n1C. The third-order valence-electron chi connectivity index (χ3n) is 1.78.